The van der Waals surface area contributed by atoms with Crippen molar-refractivity contribution in [3.8, 4) is 0 Å². The standard InChI is InChI=1S/C15H15FN4O3/c1-9-12(10(2)23-18-9)15(22)20-8-4-7-19(20)14(21)11-5-3-6-17-13(11)16/h3,5-6H,4,7-8H2,1-2H3. The Morgan fingerprint density at radius 2 is 1.91 bits per heavy atom. The number of aryl methyl sites for hydroxylation is 2. The quantitative estimate of drug-likeness (QED) is 0.788. The van der Waals surface area contributed by atoms with Crippen LogP contribution in [0.25, 0.3) is 0 Å². The molecule has 0 unspecified atom stereocenters. The van der Waals surface area contributed by atoms with Gasteiger partial charge in [0.05, 0.1) is 11.3 Å². The number of rotatable bonds is 2. The Labute approximate surface area is 131 Å². The van der Waals surface area contributed by atoms with Crippen molar-refractivity contribution in [3.63, 3.8) is 0 Å². The van der Waals surface area contributed by atoms with Gasteiger partial charge >= 0.3 is 0 Å². The minimum atomic E-state index is -0.853. The Bertz CT molecular complexity index is 754. The minimum absolute atomic E-state index is 0.161. The summed E-state index contributed by atoms with van der Waals surface area (Å²) in [5, 5.41) is 6.31. The largest absolute Gasteiger partial charge is 0.361 e. The fourth-order valence-electron chi connectivity index (χ4n) is 2.64. The van der Waals surface area contributed by atoms with Crippen LogP contribution in [-0.2, 0) is 0 Å². The lowest BCUT2D eigenvalue weighted by Gasteiger charge is -2.27. The summed E-state index contributed by atoms with van der Waals surface area (Å²) in [6, 6.07) is 2.83. The molecule has 7 nitrogen and oxygen atoms in total. The summed E-state index contributed by atoms with van der Waals surface area (Å²) >= 11 is 0. The van der Waals surface area contributed by atoms with E-state index in [-0.39, 0.29) is 11.5 Å². The van der Waals surface area contributed by atoms with Gasteiger partial charge in [-0.25, -0.2) is 15.0 Å². The zero-order valence-corrected chi connectivity index (χ0v) is 12.7. The summed E-state index contributed by atoms with van der Waals surface area (Å²) in [6.45, 7) is 4.00. The first kappa shape index (κ1) is 15.1. The van der Waals surface area contributed by atoms with E-state index < -0.39 is 11.9 Å². The number of hydrogen-bond donors (Lipinski definition) is 0. The van der Waals surface area contributed by atoms with Crippen molar-refractivity contribution >= 4 is 11.8 Å². The second-order valence-electron chi connectivity index (χ2n) is 5.25. The average molecular weight is 318 g/mol. The van der Waals surface area contributed by atoms with Gasteiger partial charge in [0.1, 0.15) is 11.3 Å². The summed E-state index contributed by atoms with van der Waals surface area (Å²) in [6.07, 6.45) is 1.88. The van der Waals surface area contributed by atoms with Gasteiger partial charge < -0.3 is 4.52 Å². The van der Waals surface area contributed by atoms with E-state index in [0.29, 0.717) is 36.5 Å². The molecule has 0 bridgehead atoms. The molecule has 0 aliphatic carbocycles. The van der Waals surface area contributed by atoms with Gasteiger partial charge in [-0.1, -0.05) is 5.16 Å². The Kier molecular flexibility index (Phi) is 3.81. The summed E-state index contributed by atoms with van der Waals surface area (Å²) in [5.41, 5.74) is 0.627. The van der Waals surface area contributed by atoms with E-state index in [1.165, 1.54) is 28.3 Å². The van der Waals surface area contributed by atoms with Crippen LogP contribution in [0.3, 0.4) is 0 Å². The van der Waals surface area contributed by atoms with E-state index in [1.54, 1.807) is 13.8 Å². The molecule has 1 aliphatic heterocycles. The van der Waals surface area contributed by atoms with E-state index >= 15 is 0 Å². The second-order valence-corrected chi connectivity index (χ2v) is 5.25. The second kappa shape index (κ2) is 5.79. The van der Waals surface area contributed by atoms with E-state index in [1.807, 2.05) is 0 Å². The number of carbonyl (C=O) groups excluding carboxylic acids is 2. The number of hydrogen-bond acceptors (Lipinski definition) is 5. The number of hydrazine groups is 1. The molecule has 120 valence electrons. The van der Waals surface area contributed by atoms with E-state index in [9.17, 15) is 14.0 Å². The molecule has 0 saturated carbocycles. The lowest BCUT2D eigenvalue weighted by atomic mass is 10.2. The van der Waals surface area contributed by atoms with E-state index in [4.69, 9.17) is 4.52 Å². The highest BCUT2D eigenvalue weighted by Gasteiger charge is 2.35. The molecular formula is C15H15FN4O3. The van der Waals surface area contributed by atoms with Crippen LogP contribution in [0.4, 0.5) is 4.39 Å². The minimum Gasteiger partial charge on any atom is -0.361 e. The lowest BCUT2D eigenvalue weighted by molar-refractivity contribution is 0.0181. The molecule has 1 fully saturated rings. The Morgan fingerprint density at radius 1 is 1.22 bits per heavy atom. The third-order valence-corrected chi connectivity index (χ3v) is 3.74. The third kappa shape index (κ3) is 2.56. The maximum atomic E-state index is 13.7. The fraction of sp³-hybridized carbons (Fsp3) is 0.333. The van der Waals surface area contributed by atoms with Gasteiger partial charge in [-0.15, -0.1) is 0 Å². The first-order valence-corrected chi connectivity index (χ1v) is 7.17. The molecule has 3 heterocycles. The van der Waals surface area contributed by atoms with Gasteiger partial charge in [0, 0.05) is 19.3 Å². The maximum absolute atomic E-state index is 13.7. The van der Waals surface area contributed by atoms with Crippen LogP contribution in [-0.4, -0.2) is 45.1 Å². The Morgan fingerprint density at radius 3 is 2.52 bits per heavy atom. The van der Waals surface area contributed by atoms with Crippen LogP contribution < -0.4 is 0 Å². The van der Waals surface area contributed by atoms with Gasteiger partial charge in [0.25, 0.3) is 11.8 Å². The molecule has 23 heavy (non-hydrogen) atoms. The van der Waals surface area contributed by atoms with E-state index in [0.717, 1.165) is 0 Å². The van der Waals surface area contributed by atoms with Crippen molar-refractivity contribution in [1.29, 1.82) is 0 Å². The Balaban J connectivity index is 1.90. The SMILES string of the molecule is Cc1noc(C)c1C(=O)N1CCCN1C(=O)c1cccnc1F. The first-order chi connectivity index (χ1) is 11.0. The zero-order valence-electron chi connectivity index (χ0n) is 12.7. The van der Waals surface area contributed by atoms with Crippen LogP contribution in [0.5, 0.6) is 0 Å². The molecule has 0 radical (unpaired) electrons. The molecule has 0 spiro atoms. The molecule has 1 saturated heterocycles. The molecule has 0 aromatic carbocycles. The highest BCUT2D eigenvalue weighted by atomic mass is 19.1. The lowest BCUT2D eigenvalue weighted by Crippen LogP contribution is -2.45. The first-order valence-electron chi connectivity index (χ1n) is 7.17. The highest BCUT2D eigenvalue weighted by molar-refractivity contribution is 6.00. The third-order valence-electron chi connectivity index (χ3n) is 3.74. The van der Waals surface area contributed by atoms with E-state index in [2.05, 4.69) is 10.1 Å². The average Bonchev–Trinajstić information content (AvgIpc) is 3.14. The molecule has 2 amide bonds. The maximum Gasteiger partial charge on any atom is 0.277 e. The number of aromatic nitrogens is 2. The van der Waals surface area contributed by atoms with Crippen molar-refractivity contribution in [2.45, 2.75) is 20.3 Å². The zero-order chi connectivity index (χ0) is 16.6. The molecular weight excluding hydrogens is 303 g/mol. The normalized spacial score (nSPS) is 14.4. The fourth-order valence-corrected chi connectivity index (χ4v) is 2.64. The molecule has 2 aromatic heterocycles. The molecule has 2 aromatic rings. The summed E-state index contributed by atoms with van der Waals surface area (Å²) in [7, 11) is 0. The van der Waals surface area contributed by atoms with Crippen LogP contribution in [0, 0.1) is 19.8 Å². The molecule has 3 rings (SSSR count). The predicted octanol–water partition coefficient (Wildman–Crippen LogP) is 1.73. The van der Waals surface area contributed by atoms with Gasteiger partial charge in [0.15, 0.2) is 0 Å². The molecule has 0 atom stereocenters. The van der Waals surface area contributed by atoms with Gasteiger partial charge in [-0.05, 0) is 32.4 Å². The molecule has 8 heteroatoms. The summed E-state index contributed by atoms with van der Waals surface area (Å²) < 4.78 is 18.7. The van der Waals surface area contributed by atoms with Crippen LogP contribution in [0.2, 0.25) is 0 Å². The summed E-state index contributed by atoms with van der Waals surface area (Å²) in [5.74, 6) is -1.43. The topological polar surface area (TPSA) is 79.5 Å². The molecule has 0 N–H and O–H groups in total. The van der Waals surface area contributed by atoms with Crippen molar-refractivity contribution in [2.24, 2.45) is 0 Å². The van der Waals surface area contributed by atoms with Crippen molar-refractivity contribution in [2.75, 3.05) is 13.1 Å². The van der Waals surface area contributed by atoms with Gasteiger partial charge in [-0.3, -0.25) is 9.59 Å². The predicted molar refractivity (Wildman–Crippen MR) is 76.9 cm³/mol. The number of halogens is 1. The van der Waals surface area contributed by atoms with Crippen LogP contribution in [0.1, 0.15) is 38.6 Å². The Hall–Kier alpha value is -2.77. The van der Waals surface area contributed by atoms with Crippen molar-refractivity contribution in [3.05, 3.63) is 46.9 Å². The van der Waals surface area contributed by atoms with Gasteiger partial charge in [-0.2, -0.15) is 4.39 Å². The van der Waals surface area contributed by atoms with Crippen LogP contribution in [0.15, 0.2) is 22.9 Å². The van der Waals surface area contributed by atoms with Gasteiger partial charge in [0.2, 0.25) is 5.95 Å². The number of pyridine rings is 1. The smallest absolute Gasteiger partial charge is 0.277 e. The van der Waals surface area contributed by atoms with Crippen molar-refractivity contribution in [1.82, 2.24) is 20.2 Å². The monoisotopic (exact) mass is 318 g/mol. The van der Waals surface area contributed by atoms with Crippen molar-refractivity contribution < 1.29 is 18.5 Å². The summed E-state index contributed by atoms with van der Waals surface area (Å²) in [4.78, 5) is 28.7. The molecule has 1 aliphatic rings. The highest BCUT2D eigenvalue weighted by Crippen LogP contribution is 2.22. The number of amides is 2. The number of nitrogens with zero attached hydrogens (tertiary/aromatic N) is 4. The number of carbonyl (C=O) groups is 2. The van der Waals surface area contributed by atoms with Crippen LogP contribution >= 0.6 is 0 Å².